The first-order valence-corrected chi connectivity index (χ1v) is 11.3. The van der Waals surface area contributed by atoms with Crippen molar-refractivity contribution in [3.63, 3.8) is 0 Å². The van der Waals surface area contributed by atoms with E-state index in [0.717, 1.165) is 48.2 Å². The molecule has 2 N–H and O–H groups in total. The van der Waals surface area contributed by atoms with E-state index in [1.165, 1.54) is 16.5 Å². The van der Waals surface area contributed by atoms with Gasteiger partial charge in [0.15, 0.2) is 0 Å². The summed E-state index contributed by atoms with van der Waals surface area (Å²) in [6, 6.07) is 18.6. The average Bonchev–Trinajstić information content (AvgIpc) is 2.77. The predicted octanol–water partition coefficient (Wildman–Crippen LogP) is 4.84. The van der Waals surface area contributed by atoms with E-state index in [2.05, 4.69) is 55.1 Å². The third-order valence-electron chi connectivity index (χ3n) is 7.23. The average molecular weight is 418 g/mol. The minimum Gasteiger partial charge on any atom is -0.487 e. The summed E-state index contributed by atoms with van der Waals surface area (Å²) in [7, 11) is 0. The smallest absolute Gasteiger partial charge is 0.126 e. The van der Waals surface area contributed by atoms with Gasteiger partial charge in [-0.15, -0.1) is 0 Å². The van der Waals surface area contributed by atoms with Crippen LogP contribution in [0.25, 0.3) is 10.8 Å². The summed E-state index contributed by atoms with van der Waals surface area (Å²) in [6.45, 7) is 6.50. The molecule has 1 spiro atoms. The fourth-order valence-electron chi connectivity index (χ4n) is 5.11. The molecule has 4 nitrogen and oxygen atoms in total. The Hall–Kier alpha value is -2.40. The molecule has 0 radical (unpaired) electrons. The summed E-state index contributed by atoms with van der Waals surface area (Å²) in [5, 5.41) is 24.0. The molecule has 5 rings (SSSR count). The maximum Gasteiger partial charge on any atom is 0.126 e. The molecule has 2 aliphatic rings. The van der Waals surface area contributed by atoms with Crippen LogP contribution in [0.1, 0.15) is 53.7 Å². The first kappa shape index (κ1) is 20.5. The van der Waals surface area contributed by atoms with E-state index in [4.69, 9.17) is 4.74 Å². The molecular weight excluding hydrogens is 386 g/mol. The first-order chi connectivity index (χ1) is 14.9. The van der Waals surface area contributed by atoms with Gasteiger partial charge in [-0.3, -0.25) is 0 Å². The molecule has 4 heteroatoms. The van der Waals surface area contributed by atoms with Gasteiger partial charge in [0, 0.05) is 31.6 Å². The van der Waals surface area contributed by atoms with Gasteiger partial charge in [-0.25, -0.2) is 0 Å². The van der Waals surface area contributed by atoms with Crippen molar-refractivity contribution in [1.29, 1.82) is 0 Å². The van der Waals surface area contributed by atoms with E-state index in [-0.39, 0.29) is 5.60 Å². The summed E-state index contributed by atoms with van der Waals surface area (Å²) in [5.41, 5.74) is 3.96. The molecule has 31 heavy (non-hydrogen) atoms. The zero-order valence-electron chi connectivity index (χ0n) is 18.3. The number of fused-ring (bicyclic) bond motifs is 2. The fraction of sp³-hybridized carbons (Fsp3) is 0.407. The molecule has 0 aliphatic carbocycles. The van der Waals surface area contributed by atoms with Crippen LogP contribution in [0.5, 0.6) is 5.75 Å². The first-order valence-electron chi connectivity index (χ1n) is 11.3. The van der Waals surface area contributed by atoms with Crippen molar-refractivity contribution in [3.05, 3.63) is 76.9 Å². The van der Waals surface area contributed by atoms with Gasteiger partial charge in [-0.1, -0.05) is 36.4 Å². The fourth-order valence-corrected chi connectivity index (χ4v) is 5.11. The Morgan fingerprint density at radius 3 is 2.48 bits per heavy atom. The van der Waals surface area contributed by atoms with E-state index >= 15 is 0 Å². The third-order valence-corrected chi connectivity index (χ3v) is 7.23. The lowest BCUT2D eigenvalue weighted by Crippen LogP contribution is -2.51. The number of nitrogens with zero attached hydrogens (tertiary/aromatic N) is 1. The Morgan fingerprint density at radius 1 is 1.00 bits per heavy atom. The van der Waals surface area contributed by atoms with Crippen LogP contribution in [-0.4, -0.2) is 40.3 Å². The van der Waals surface area contributed by atoms with Crippen molar-refractivity contribution in [2.45, 2.75) is 50.9 Å². The summed E-state index contributed by atoms with van der Waals surface area (Å²) in [6.07, 6.45) is 1.38. The lowest BCUT2D eigenvalue weighted by atomic mass is 9.81. The largest absolute Gasteiger partial charge is 0.487 e. The number of aliphatic hydroxyl groups excluding tert-OH is 2. The summed E-state index contributed by atoms with van der Waals surface area (Å²) in [4.78, 5) is 2.32. The molecule has 3 aromatic carbocycles. The number of hydrogen-bond donors (Lipinski definition) is 2. The van der Waals surface area contributed by atoms with Crippen LogP contribution < -0.4 is 4.74 Å². The monoisotopic (exact) mass is 417 g/mol. The third kappa shape index (κ3) is 3.96. The molecule has 0 amide bonds. The van der Waals surface area contributed by atoms with Crippen molar-refractivity contribution in [2.24, 2.45) is 0 Å². The highest BCUT2D eigenvalue weighted by atomic mass is 16.5. The van der Waals surface area contributed by atoms with Crippen LogP contribution in [0.15, 0.2) is 54.6 Å². The maximum absolute atomic E-state index is 10.8. The van der Waals surface area contributed by atoms with E-state index in [9.17, 15) is 10.2 Å². The molecule has 2 heterocycles. The molecule has 1 saturated heterocycles. The quantitative estimate of drug-likeness (QED) is 0.640. The van der Waals surface area contributed by atoms with E-state index < -0.39 is 12.2 Å². The van der Waals surface area contributed by atoms with Gasteiger partial charge in [0.25, 0.3) is 0 Å². The van der Waals surface area contributed by atoms with Crippen molar-refractivity contribution in [2.75, 3.05) is 19.6 Å². The highest BCUT2D eigenvalue weighted by molar-refractivity contribution is 5.83. The Balaban J connectivity index is 1.25. The van der Waals surface area contributed by atoms with Gasteiger partial charge in [-0.05, 0) is 72.4 Å². The molecule has 0 unspecified atom stereocenters. The Kier molecular flexibility index (Phi) is 5.25. The molecule has 0 saturated carbocycles. The number of aryl methyl sites for hydroxylation is 2. The van der Waals surface area contributed by atoms with Gasteiger partial charge in [0.2, 0.25) is 0 Å². The number of piperidine rings is 1. The SMILES string of the molecule is Cc1cc2c(cc1C)[C@H](O)CC1(CCN(C[C@H](O)c3ccc4ccccc4c3)CC1)O2. The van der Waals surface area contributed by atoms with Crippen LogP contribution in [0, 0.1) is 13.8 Å². The van der Waals surface area contributed by atoms with Gasteiger partial charge in [0.1, 0.15) is 11.4 Å². The van der Waals surface area contributed by atoms with Gasteiger partial charge in [0.05, 0.1) is 12.2 Å². The Bertz CT molecular complexity index is 1100. The van der Waals surface area contributed by atoms with Gasteiger partial charge >= 0.3 is 0 Å². The predicted molar refractivity (Wildman–Crippen MR) is 123 cm³/mol. The van der Waals surface area contributed by atoms with Crippen molar-refractivity contribution >= 4 is 10.8 Å². The second-order valence-corrected chi connectivity index (χ2v) is 9.40. The topological polar surface area (TPSA) is 52.9 Å². The van der Waals surface area contributed by atoms with E-state index in [0.29, 0.717) is 13.0 Å². The minimum absolute atomic E-state index is 0.307. The number of benzene rings is 3. The van der Waals surface area contributed by atoms with Gasteiger partial charge in [-0.2, -0.15) is 0 Å². The molecular formula is C27H31NO3. The standard InChI is InChI=1S/C27H31NO3/c1-18-13-23-24(29)16-27(31-26(23)14-19(18)2)9-11-28(12-10-27)17-25(30)22-8-7-20-5-3-4-6-21(20)15-22/h3-8,13-15,24-25,29-30H,9-12,16-17H2,1-2H3/t24-,25+/m1/s1. The molecule has 2 atom stereocenters. The lowest BCUT2D eigenvalue weighted by Gasteiger charge is -2.46. The van der Waals surface area contributed by atoms with Crippen LogP contribution in [-0.2, 0) is 0 Å². The number of likely N-dealkylation sites (tertiary alicyclic amines) is 1. The normalized spacial score (nSPS) is 21.6. The van der Waals surface area contributed by atoms with Crippen molar-refractivity contribution < 1.29 is 14.9 Å². The van der Waals surface area contributed by atoms with Crippen LogP contribution in [0.4, 0.5) is 0 Å². The molecule has 2 aliphatic heterocycles. The zero-order chi connectivity index (χ0) is 21.6. The van der Waals surface area contributed by atoms with Gasteiger partial charge < -0.3 is 19.8 Å². The minimum atomic E-state index is -0.511. The summed E-state index contributed by atoms with van der Waals surface area (Å²) >= 11 is 0. The van der Waals surface area contributed by atoms with Crippen molar-refractivity contribution in [1.82, 2.24) is 4.90 Å². The van der Waals surface area contributed by atoms with Crippen molar-refractivity contribution in [3.8, 4) is 5.75 Å². The summed E-state index contributed by atoms with van der Waals surface area (Å²) < 4.78 is 6.50. The number of hydrogen-bond acceptors (Lipinski definition) is 4. The molecule has 0 bridgehead atoms. The molecule has 1 fully saturated rings. The second kappa shape index (κ2) is 7.94. The number of aliphatic hydroxyl groups is 2. The maximum atomic E-state index is 10.8. The second-order valence-electron chi connectivity index (χ2n) is 9.40. The Labute approximate surface area is 184 Å². The van der Waals surface area contributed by atoms with Crippen LogP contribution >= 0.6 is 0 Å². The Morgan fingerprint density at radius 2 is 1.71 bits per heavy atom. The lowest BCUT2D eigenvalue weighted by molar-refractivity contribution is -0.0588. The number of β-amino-alcohol motifs (C(OH)–C–C–N with tert-alkyl or cyclic N) is 1. The van der Waals surface area contributed by atoms with Crippen LogP contribution in [0.2, 0.25) is 0 Å². The van der Waals surface area contributed by atoms with E-state index in [1.807, 2.05) is 18.2 Å². The van der Waals surface area contributed by atoms with E-state index in [1.54, 1.807) is 0 Å². The number of rotatable bonds is 3. The summed E-state index contributed by atoms with van der Waals surface area (Å²) in [5.74, 6) is 0.839. The highest BCUT2D eigenvalue weighted by Crippen LogP contribution is 2.45. The highest BCUT2D eigenvalue weighted by Gasteiger charge is 2.43. The number of ether oxygens (including phenoxy) is 1. The van der Waals surface area contributed by atoms with Crippen LogP contribution in [0.3, 0.4) is 0 Å². The molecule has 0 aromatic heterocycles. The molecule has 162 valence electrons. The molecule has 3 aromatic rings. The zero-order valence-corrected chi connectivity index (χ0v) is 18.3.